The quantitative estimate of drug-likeness (QED) is 0.816. The Morgan fingerprint density at radius 2 is 2.13 bits per heavy atom. The summed E-state index contributed by atoms with van der Waals surface area (Å²) in [6.07, 6.45) is 2.29. The number of nitrogens with zero attached hydrogens (tertiary/aromatic N) is 1. The van der Waals surface area contributed by atoms with Crippen molar-refractivity contribution in [3.05, 3.63) is 34.2 Å². The van der Waals surface area contributed by atoms with Gasteiger partial charge in [0.25, 0.3) is 5.56 Å². The van der Waals surface area contributed by atoms with E-state index in [-0.39, 0.29) is 18.0 Å². The smallest absolute Gasteiger partial charge is 0.303 e. The van der Waals surface area contributed by atoms with E-state index in [1.807, 2.05) is 13.8 Å². The molecule has 0 aliphatic heterocycles. The van der Waals surface area contributed by atoms with Crippen LogP contribution in [0.1, 0.15) is 31.9 Å². The lowest BCUT2D eigenvalue weighted by molar-refractivity contribution is -0.136. The maximum Gasteiger partial charge on any atom is 0.303 e. The van der Waals surface area contributed by atoms with Gasteiger partial charge in [-0.1, -0.05) is 6.07 Å². The summed E-state index contributed by atoms with van der Waals surface area (Å²) in [4.78, 5) is 21.8. The second-order valence-corrected chi connectivity index (χ2v) is 3.77. The van der Waals surface area contributed by atoms with Gasteiger partial charge >= 0.3 is 5.97 Å². The van der Waals surface area contributed by atoms with E-state index in [1.165, 1.54) is 6.07 Å². The van der Waals surface area contributed by atoms with Crippen LogP contribution >= 0.6 is 0 Å². The summed E-state index contributed by atoms with van der Waals surface area (Å²) >= 11 is 0. The van der Waals surface area contributed by atoms with E-state index in [4.69, 9.17) is 5.11 Å². The minimum Gasteiger partial charge on any atom is -0.481 e. The summed E-state index contributed by atoms with van der Waals surface area (Å²) in [6.45, 7) is 3.84. The zero-order valence-electron chi connectivity index (χ0n) is 8.93. The highest BCUT2D eigenvalue weighted by molar-refractivity contribution is 5.67. The van der Waals surface area contributed by atoms with Gasteiger partial charge in [0, 0.05) is 24.7 Å². The fraction of sp³-hybridized carbons (Fsp3) is 0.455. The predicted octanol–water partition coefficient (Wildman–Crippen LogP) is 1.45. The molecule has 15 heavy (non-hydrogen) atoms. The molecule has 4 nitrogen and oxygen atoms in total. The normalized spacial score (nSPS) is 10.6. The number of aromatic nitrogens is 1. The highest BCUT2D eigenvalue weighted by atomic mass is 16.4. The zero-order valence-corrected chi connectivity index (χ0v) is 8.93. The molecule has 1 aromatic heterocycles. The Hall–Kier alpha value is -1.58. The SMILES string of the molecule is CC(C)n1cc(CCC(=O)O)ccc1=O. The Morgan fingerprint density at radius 3 is 2.67 bits per heavy atom. The van der Waals surface area contributed by atoms with Gasteiger partial charge in [-0.05, 0) is 25.8 Å². The first-order chi connectivity index (χ1) is 7.00. The van der Waals surface area contributed by atoms with Crippen molar-refractivity contribution in [2.24, 2.45) is 0 Å². The van der Waals surface area contributed by atoms with Crippen LogP contribution in [0.5, 0.6) is 0 Å². The molecule has 0 atom stereocenters. The van der Waals surface area contributed by atoms with E-state index in [9.17, 15) is 9.59 Å². The number of aliphatic carboxylic acids is 1. The van der Waals surface area contributed by atoms with Crippen LogP contribution in [-0.2, 0) is 11.2 Å². The number of pyridine rings is 1. The molecule has 0 saturated carbocycles. The maximum absolute atomic E-state index is 11.4. The molecule has 0 aromatic carbocycles. The zero-order chi connectivity index (χ0) is 11.4. The molecule has 4 heteroatoms. The topological polar surface area (TPSA) is 59.3 Å². The van der Waals surface area contributed by atoms with Crippen molar-refractivity contribution in [2.45, 2.75) is 32.7 Å². The van der Waals surface area contributed by atoms with E-state index in [2.05, 4.69) is 0 Å². The fourth-order valence-electron chi connectivity index (χ4n) is 1.35. The summed E-state index contributed by atoms with van der Waals surface area (Å²) in [5.41, 5.74) is 0.828. The second kappa shape index (κ2) is 4.77. The van der Waals surface area contributed by atoms with Crippen LogP contribution in [0, 0.1) is 0 Å². The van der Waals surface area contributed by atoms with Gasteiger partial charge in [0.1, 0.15) is 0 Å². The largest absolute Gasteiger partial charge is 0.481 e. The minimum absolute atomic E-state index is 0.0518. The molecule has 1 heterocycles. The number of aryl methyl sites for hydroxylation is 1. The Bertz CT molecular complexity index is 407. The van der Waals surface area contributed by atoms with Gasteiger partial charge in [0.15, 0.2) is 0 Å². The molecular formula is C11H15NO3. The summed E-state index contributed by atoms with van der Waals surface area (Å²) in [6, 6.07) is 3.27. The van der Waals surface area contributed by atoms with Crippen LogP contribution in [-0.4, -0.2) is 15.6 Å². The Morgan fingerprint density at radius 1 is 1.47 bits per heavy atom. The van der Waals surface area contributed by atoms with E-state index in [0.717, 1.165) is 5.56 Å². The molecule has 1 N–H and O–H groups in total. The summed E-state index contributed by atoms with van der Waals surface area (Å²) in [5.74, 6) is -0.822. The van der Waals surface area contributed by atoms with Crippen LogP contribution in [0.25, 0.3) is 0 Å². The molecule has 1 aromatic rings. The molecule has 0 aliphatic rings. The molecular weight excluding hydrogens is 194 g/mol. The number of hydrogen-bond acceptors (Lipinski definition) is 2. The summed E-state index contributed by atoms with van der Waals surface area (Å²) in [7, 11) is 0. The van der Waals surface area contributed by atoms with Crippen LogP contribution in [0.3, 0.4) is 0 Å². The van der Waals surface area contributed by atoms with Crippen molar-refractivity contribution in [3.8, 4) is 0 Å². The van der Waals surface area contributed by atoms with Crippen molar-refractivity contribution in [1.29, 1.82) is 0 Å². The highest BCUT2D eigenvalue weighted by Crippen LogP contribution is 2.05. The van der Waals surface area contributed by atoms with Gasteiger partial charge in [-0.3, -0.25) is 9.59 Å². The monoisotopic (exact) mass is 209 g/mol. The van der Waals surface area contributed by atoms with Crippen molar-refractivity contribution in [1.82, 2.24) is 4.57 Å². The van der Waals surface area contributed by atoms with Crippen LogP contribution in [0.15, 0.2) is 23.1 Å². The molecule has 0 radical (unpaired) electrons. The summed E-state index contributed by atoms with van der Waals surface area (Å²) < 4.78 is 1.61. The molecule has 0 spiro atoms. The molecule has 1 rings (SSSR count). The number of rotatable bonds is 4. The molecule has 0 fully saturated rings. The van der Waals surface area contributed by atoms with Gasteiger partial charge < -0.3 is 9.67 Å². The molecule has 0 amide bonds. The van der Waals surface area contributed by atoms with E-state index < -0.39 is 5.97 Å². The minimum atomic E-state index is -0.822. The number of carboxylic acid groups (broad SMARTS) is 1. The van der Waals surface area contributed by atoms with Gasteiger partial charge in [0.2, 0.25) is 0 Å². The number of carbonyl (C=O) groups is 1. The Labute approximate surface area is 88.2 Å². The van der Waals surface area contributed by atoms with Gasteiger partial charge in [-0.25, -0.2) is 0 Å². The molecule has 0 aliphatic carbocycles. The average Bonchev–Trinajstić information content (AvgIpc) is 2.16. The van der Waals surface area contributed by atoms with Crippen molar-refractivity contribution in [3.63, 3.8) is 0 Å². The van der Waals surface area contributed by atoms with Crippen molar-refractivity contribution in [2.75, 3.05) is 0 Å². The van der Waals surface area contributed by atoms with Crippen LogP contribution in [0.2, 0.25) is 0 Å². The molecule has 0 unspecified atom stereocenters. The highest BCUT2D eigenvalue weighted by Gasteiger charge is 2.03. The number of hydrogen-bond donors (Lipinski definition) is 1. The molecule has 0 saturated heterocycles. The first-order valence-electron chi connectivity index (χ1n) is 4.93. The lowest BCUT2D eigenvalue weighted by Crippen LogP contribution is -2.20. The first kappa shape index (κ1) is 11.5. The van der Waals surface area contributed by atoms with Crippen molar-refractivity contribution >= 4 is 5.97 Å². The number of carboxylic acids is 1. The fourth-order valence-corrected chi connectivity index (χ4v) is 1.35. The van der Waals surface area contributed by atoms with Crippen LogP contribution in [0.4, 0.5) is 0 Å². The van der Waals surface area contributed by atoms with Gasteiger partial charge in [-0.2, -0.15) is 0 Å². The average molecular weight is 209 g/mol. The first-order valence-corrected chi connectivity index (χ1v) is 4.93. The predicted molar refractivity (Wildman–Crippen MR) is 57.0 cm³/mol. The maximum atomic E-state index is 11.4. The van der Waals surface area contributed by atoms with E-state index in [1.54, 1.807) is 16.8 Å². The Balaban J connectivity index is 2.88. The molecule has 0 bridgehead atoms. The second-order valence-electron chi connectivity index (χ2n) is 3.77. The molecule has 82 valence electrons. The lowest BCUT2D eigenvalue weighted by Gasteiger charge is -2.10. The van der Waals surface area contributed by atoms with Gasteiger partial charge in [0.05, 0.1) is 0 Å². The van der Waals surface area contributed by atoms with E-state index in [0.29, 0.717) is 6.42 Å². The van der Waals surface area contributed by atoms with Crippen molar-refractivity contribution < 1.29 is 9.90 Å². The van der Waals surface area contributed by atoms with E-state index >= 15 is 0 Å². The third-order valence-electron chi connectivity index (χ3n) is 2.18. The third-order valence-corrected chi connectivity index (χ3v) is 2.18. The Kier molecular flexibility index (Phi) is 3.66. The third kappa shape index (κ3) is 3.23. The van der Waals surface area contributed by atoms with Crippen LogP contribution < -0.4 is 5.56 Å². The van der Waals surface area contributed by atoms with Gasteiger partial charge in [-0.15, -0.1) is 0 Å². The summed E-state index contributed by atoms with van der Waals surface area (Å²) in [5, 5.41) is 8.54. The lowest BCUT2D eigenvalue weighted by atomic mass is 10.1. The standard InChI is InChI=1S/C11H15NO3/c1-8(2)12-7-9(3-5-10(12)13)4-6-11(14)15/h3,5,7-8H,4,6H2,1-2H3,(H,14,15).